The second kappa shape index (κ2) is 7.90. The highest BCUT2D eigenvalue weighted by atomic mass is 15.2. The minimum Gasteiger partial charge on any atom is -0.301 e. The molecule has 0 saturated carbocycles. The monoisotopic (exact) mass is 184 g/mol. The summed E-state index contributed by atoms with van der Waals surface area (Å²) in [4.78, 5) is 5.14. The zero-order valence-electron chi connectivity index (χ0n) is 8.90. The molecule has 0 aliphatic rings. The molecule has 0 heterocycles. The fourth-order valence-corrected chi connectivity index (χ4v) is 1.34. The number of rotatable bonds is 7. The Bertz CT molecular complexity index is 163. The Kier molecular flexibility index (Phi) is 7.45. The van der Waals surface area contributed by atoms with E-state index in [1.807, 2.05) is 0 Å². The van der Waals surface area contributed by atoms with Crippen molar-refractivity contribution in [2.45, 2.75) is 39.7 Å². The van der Waals surface area contributed by atoms with Crippen molar-refractivity contribution in [1.82, 2.24) is 4.90 Å². The van der Waals surface area contributed by atoms with Crippen molar-refractivity contribution >= 4 is 0 Å². The van der Waals surface area contributed by atoms with Crippen molar-refractivity contribution in [2.75, 3.05) is 19.6 Å². The van der Waals surface area contributed by atoms with Crippen molar-refractivity contribution in [2.24, 2.45) is 5.11 Å². The Morgan fingerprint density at radius 3 is 2.62 bits per heavy atom. The molecule has 1 atom stereocenters. The molecular weight excluding hydrogens is 164 g/mol. The van der Waals surface area contributed by atoms with Crippen molar-refractivity contribution in [1.29, 1.82) is 0 Å². The highest BCUT2D eigenvalue weighted by Gasteiger charge is 2.07. The zero-order valence-corrected chi connectivity index (χ0v) is 8.90. The third-order valence-electron chi connectivity index (χ3n) is 2.39. The standard InChI is InChI=1S/C9H20N4/c1-4-9(3)13(5-2)8-6-7-11-12-10/h9H,4-8H2,1-3H3. The van der Waals surface area contributed by atoms with Gasteiger partial charge in [-0.2, -0.15) is 0 Å². The first kappa shape index (κ1) is 12.3. The van der Waals surface area contributed by atoms with Gasteiger partial charge in [-0.15, -0.1) is 0 Å². The zero-order chi connectivity index (χ0) is 10.1. The van der Waals surface area contributed by atoms with Gasteiger partial charge in [0.25, 0.3) is 0 Å². The summed E-state index contributed by atoms with van der Waals surface area (Å²) in [6.07, 6.45) is 2.14. The molecule has 0 fully saturated rings. The summed E-state index contributed by atoms with van der Waals surface area (Å²) in [5, 5.41) is 3.52. The second-order valence-corrected chi connectivity index (χ2v) is 3.19. The average molecular weight is 184 g/mol. The maximum Gasteiger partial charge on any atom is 0.0270 e. The third kappa shape index (κ3) is 5.50. The molecular formula is C9H20N4. The van der Waals surface area contributed by atoms with Gasteiger partial charge in [0.2, 0.25) is 0 Å². The van der Waals surface area contributed by atoms with Crippen molar-refractivity contribution in [3.63, 3.8) is 0 Å². The lowest BCUT2D eigenvalue weighted by molar-refractivity contribution is 0.213. The molecule has 0 aromatic rings. The molecule has 0 spiro atoms. The van der Waals surface area contributed by atoms with Gasteiger partial charge in [0, 0.05) is 17.5 Å². The van der Waals surface area contributed by atoms with E-state index in [2.05, 4.69) is 35.7 Å². The lowest BCUT2D eigenvalue weighted by atomic mass is 10.2. The Morgan fingerprint density at radius 1 is 1.46 bits per heavy atom. The maximum absolute atomic E-state index is 8.09. The predicted molar refractivity (Wildman–Crippen MR) is 55.6 cm³/mol. The Labute approximate surface area is 80.6 Å². The number of azide groups is 1. The van der Waals surface area contributed by atoms with Crippen LogP contribution in [0.1, 0.15) is 33.6 Å². The SMILES string of the molecule is CCC(C)N(CC)CCCN=[N+]=[N-]. The van der Waals surface area contributed by atoms with E-state index in [-0.39, 0.29) is 0 Å². The van der Waals surface area contributed by atoms with Crippen LogP contribution in [0.3, 0.4) is 0 Å². The van der Waals surface area contributed by atoms with Crippen LogP contribution >= 0.6 is 0 Å². The third-order valence-corrected chi connectivity index (χ3v) is 2.39. The smallest absolute Gasteiger partial charge is 0.0270 e. The molecule has 0 N–H and O–H groups in total. The summed E-state index contributed by atoms with van der Waals surface area (Å²) >= 11 is 0. The summed E-state index contributed by atoms with van der Waals surface area (Å²) in [6, 6.07) is 0.635. The van der Waals surface area contributed by atoms with Gasteiger partial charge in [0.1, 0.15) is 0 Å². The van der Waals surface area contributed by atoms with Gasteiger partial charge in [-0.3, -0.25) is 0 Å². The van der Waals surface area contributed by atoms with Gasteiger partial charge >= 0.3 is 0 Å². The van der Waals surface area contributed by atoms with Gasteiger partial charge in [0.15, 0.2) is 0 Å². The van der Waals surface area contributed by atoms with Gasteiger partial charge in [0.05, 0.1) is 0 Å². The van der Waals surface area contributed by atoms with E-state index in [1.54, 1.807) is 0 Å². The van der Waals surface area contributed by atoms with Crippen LogP contribution in [-0.2, 0) is 0 Å². The van der Waals surface area contributed by atoms with Crippen molar-refractivity contribution in [3.8, 4) is 0 Å². The quantitative estimate of drug-likeness (QED) is 0.260. The summed E-state index contributed by atoms with van der Waals surface area (Å²) in [7, 11) is 0. The molecule has 0 saturated heterocycles. The number of hydrogen-bond acceptors (Lipinski definition) is 2. The first-order valence-electron chi connectivity index (χ1n) is 5.01. The number of nitrogens with zero attached hydrogens (tertiary/aromatic N) is 4. The predicted octanol–water partition coefficient (Wildman–Crippen LogP) is 2.81. The van der Waals surface area contributed by atoms with E-state index >= 15 is 0 Å². The molecule has 0 aliphatic heterocycles. The topological polar surface area (TPSA) is 52.0 Å². The van der Waals surface area contributed by atoms with Gasteiger partial charge in [-0.05, 0) is 38.4 Å². The molecule has 4 heteroatoms. The van der Waals surface area contributed by atoms with Crippen LogP contribution in [0.4, 0.5) is 0 Å². The van der Waals surface area contributed by atoms with Crippen LogP contribution in [0.5, 0.6) is 0 Å². The minimum atomic E-state index is 0.615. The lowest BCUT2D eigenvalue weighted by Crippen LogP contribution is -2.33. The average Bonchev–Trinajstić information content (AvgIpc) is 2.17. The normalized spacial score (nSPS) is 12.6. The van der Waals surface area contributed by atoms with Crippen LogP contribution in [-0.4, -0.2) is 30.6 Å². The first-order chi connectivity index (χ1) is 6.26. The molecule has 4 nitrogen and oxygen atoms in total. The molecule has 0 aromatic heterocycles. The fraction of sp³-hybridized carbons (Fsp3) is 1.00. The van der Waals surface area contributed by atoms with Crippen LogP contribution in [0.2, 0.25) is 0 Å². The second-order valence-electron chi connectivity index (χ2n) is 3.19. The van der Waals surface area contributed by atoms with Gasteiger partial charge in [-0.1, -0.05) is 19.0 Å². The van der Waals surface area contributed by atoms with E-state index in [0.717, 1.165) is 19.5 Å². The van der Waals surface area contributed by atoms with E-state index < -0.39 is 0 Å². The first-order valence-corrected chi connectivity index (χ1v) is 5.01. The molecule has 0 radical (unpaired) electrons. The summed E-state index contributed by atoms with van der Waals surface area (Å²) < 4.78 is 0. The van der Waals surface area contributed by atoms with Gasteiger partial charge < -0.3 is 4.90 Å². The van der Waals surface area contributed by atoms with E-state index in [0.29, 0.717) is 12.6 Å². The molecule has 76 valence electrons. The van der Waals surface area contributed by atoms with Crippen LogP contribution < -0.4 is 0 Å². The van der Waals surface area contributed by atoms with E-state index in [1.165, 1.54) is 6.42 Å². The molecule has 0 aromatic carbocycles. The summed E-state index contributed by atoms with van der Waals surface area (Å²) in [5.41, 5.74) is 8.09. The van der Waals surface area contributed by atoms with Crippen LogP contribution in [0, 0.1) is 0 Å². The summed E-state index contributed by atoms with van der Waals surface area (Å²) in [6.45, 7) is 9.32. The van der Waals surface area contributed by atoms with Crippen molar-refractivity contribution in [3.05, 3.63) is 10.4 Å². The Morgan fingerprint density at radius 2 is 2.15 bits per heavy atom. The minimum absolute atomic E-state index is 0.615. The number of hydrogen-bond donors (Lipinski definition) is 0. The van der Waals surface area contributed by atoms with Gasteiger partial charge in [-0.25, -0.2) is 0 Å². The summed E-state index contributed by atoms with van der Waals surface area (Å²) in [5.74, 6) is 0. The highest BCUT2D eigenvalue weighted by molar-refractivity contribution is 4.64. The molecule has 0 amide bonds. The largest absolute Gasteiger partial charge is 0.301 e. The van der Waals surface area contributed by atoms with E-state index in [4.69, 9.17) is 5.53 Å². The molecule has 1 unspecified atom stereocenters. The lowest BCUT2D eigenvalue weighted by Gasteiger charge is -2.26. The molecule has 13 heavy (non-hydrogen) atoms. The van der Waals surface area contributed by atoms with Crippen LogP contribution in [0.15, 0.2) is 5.11 Å². The molecule has 0 rings (SSSR count). The maximum atomic E-state index is 8.09. The fourth-order valence-electron chi connectivity index (χ4n) is 1.34. The Balaban J connectivity index is 3.64. The van der Waals surface area contributed by atoms with Crippen molar-refractivity contribution < 1.29 is 0 Å². The molecule has 0 aliphatic carbocycles. The van der Waals surface area contributed by atoms with E-state index in [9.17, 15) is 0 Å². The van der Waals surface area contributed by atoms with Crippen LogP contribution in [0.25, 0.3) is 10.4 Å². The highest BCUT2D eigenvalue weighted by Crippen LogP contribution is 2.03. The Hall–Kier alpha value is -0.730. The molecule has 0 bridgehead atoms.